The predicted molar refractivity (Wildman–Crippen MR) is 92.0 cm³/mol. The maximum atomic E-state index is 6.79. The average molecular weight is 352 g/mol. The van der Waals surface area contributed by atoms with Crippen molar-refractivity contribution >= 4 is 27.5 Å². The minimum Gasteiger partial charge on any atom is -0.113 e. The predicted octanol–water partition coefficient (Wildman–Crippen LogP) is 6.32. The molecule has 0 aromatic heterocycles. The van der Waals surface area contributed by atoms with Crippen molar-refractivity contribution in [1.29, 1.82) is 0 Å². The smallest absolute Gasteiger partial charge is 0.0841 e. The van der Waals surface area contributed by atoms with Crippen molar-refractivity contribution in [2.45, 2.75) is 40.0 Å². The van der Waals surface area contributed by atoms with Gasteiger partial charge in [-0.05, 0) is 79.6 Å². The molecule has 0 spiro atoms. The number of aryl methyl sites for hydroxylation is 3. The summed E-state index contributed by atoms with van der Waals surface area (Å²) in [5.41, 5.74) is 8.82. The number of rotatable bonds is 2. The van der Waals surface area contributed by atoms with Crippen molar-refractivity contribution in [2.75, 3.05) is 0 Å². The highest BCUT2D eigenvalue weighted by atomic mass is 79.9. The van der Waals surface area contributed by atoms with Gasteiger partial charge >= 0.3 is 0 Å². The maximum Gasteiger partial charge on any atom is 0.0841 e. The largest absolute Gasteiger partial charge is 0.113 e. The summed E-state index contributed by atoms with van der Waals surface area (Å²) in [5, 5.41) is -0.106. The van der Waals surface area contributed by atoms with Crippen LogP contribution in [0.15, 0.2) is 28.7 Å². The van der Waals surface area contributed by atoms with Crippen LogP contribution in [-0.2, 0) is 0 Å². The SMILES string of the molecule is Cc1ccc(C(Cl)c2c(C)c(C)cc(C)c2C)cc1Br. The Kier molecular flexibility index (Phi) is 4.61. The van der Waals surface area contributed by atoms with E-state index in [1.54, 1.807) is 0 Å². The Hall–Kier alpha value is -0.790. The molecule has 20 heavy (non-hydrogen) atoms. The zero-order chi connectivity index (χ0) is 15.0. The van der Waals surface area contributed by atoms with E-state index in [0.29, 0.717) is 0 Å². The van der Waals surface area contributed by atoms with E-state index in [0.717, 1.165) is 10.0 Å². The van der Waals surface area contributed by atoms with Crippen LogP contribution in [0.25, 0.3) is 0 Å². The molecule has 0 fully saturated rings. The summed E-state index contributed by atoms with van der Waals surface area (Å²) < 4.78 is 1.11. The molecule has 1 atom stereocenters. The van der Waals surface area contributed by atoms with Gasteiger partial charge in [-0.2, -0.15) is 0 Å². The Morgan fingerprint density at radius 3 is 1.90 bits per heavy atom. The fraction of sp³-hybridized carbons (Fsp3) is 0.333. The minimum atomic E-state index is -0.106. The highest BCUT2D eigenvalue weighted by molar-refractivity contribution is 9.10. The van der Waals surface area contributed by atoms with Gasteiger partial charge in [0.15, 0.2) is 0 Å². The van der Waals surface area contributed by atoms with E-state index in [1.807, 2.05) is 0 Å². The van der Waals surface area contributed by atoms with E-state index in [2.05, 4.69) is 74.8 Å². The van der Waals surface area contributed by atoms with E-state index in [9.17, 15) is 0 Å². The van der Waals surface area contributed by atoms with E-state index in [1.165, 1.54) is 33.4 Å². The summed E-state index contributed by atoms with van der Waals surface area (Å²) in [6.07, 6.45) is 0. The van der Waals surface area contributed by atoms with Gasteiger partial charge in [-0.3, -0.25) is 0 Å². The third kappa shape index (κ3) is 2.80. The Morgan fingerprint density at radius 2 is 1.40 bits per heavy atom. The van der Waals surface area contributed by atoms with Gasteiger partial charge in [-0.15, -0.1) is 11.6 Å². The van der Waals surface area contributed by atoms with Gasteiger partial charge in [0.2, 0.25) is 0 Å². The van der Waals surface area contributed by atoms with Crippen LogP contribution in [0, 0.1) is 34.6 Å². The van der Waals surface area contributed by atoms with Gasteiger partial charge in [0.25, 0.3) is 0 Å². The second kappa shape index (κ2) is 5.91. The molecule has 0 bridgehead atoms. The molecule has 1 unspecified atom stereocenters. The highest BCUT2D eigenvalue weighted by Gasteiger charge is 2.18. The number of alkyl halides is 1. The van der Waals surface area contributed by atoms with Crippen LogP contribution in [0.4, 0.5) is 0 Å². The number of benzene rings is 2. The van der Waals surface area contributed by atoms with Crippen LogP contribution in [0.3, 0.4) is 0 Å². The Labute approximate surface area is 135 Å². The topological polar surface area (TPSA) is 0 Å². The van der Waals surface area contributed by atoms with Crippen molar-refractivity contribution in [2.24, 2.45) is 0 Å². The quantitative estimate of drug-likeness (QED) is 0.555. The standard InChI is InChI=1S/C18H20BrCl/c1-10-6-7-15(9-16(10)19)18(20)17-13(4)11(2)8-12(3)14(17)5/h6-9,18H,1-5H3. The van der Waals surface area contributed by atoms with Gasteiger partial charge in [0.1, 0.15) is 0 Å². The first-order valence-corrected chi connectivity index (χ1v) is 8.03. The highest BCUT2D eigenvalue weighted by Crippen LogP contribution is 2.37. The lowest BCUT2D eigenvalue weighted by atomic mass is 9.89. The molecule has 0 radical (unpaired) electrons. The van der Waals surface area contributed by atoms with E-state index >= 15 is 0 Å². The summed E-state index contributed by atoms with van der Waals surface area (Å²) >= 11 is 10.4. The summed E-state index contributed by atoms with van der Waals surface area (Å²) in [6, 6.07) is 8.60. The molecule has 0 amide bonds. The second-order valence-corrected chi connectivity index (χ2v) is 6.84. The van der Waals surface area contributed by atoms with Crippen molar-refractivity contribution in [3.63, 3.8) is 0 Å². The van der Waals surface area contributed by atoms with Crippen molar-refractivity contribution in [1.82, 2.24) is 0 Å². The third-order valence-electron chi connectivity index (χ3n) is 4.17. The monoisotopic (exact) mass is 350 g/mol. The molecule has 0 N–H and O–H groups in total. The zero-order valence-electron chi connectivity index (χ0n) is 12.6. The summed E-state index contributed by atoms with van der Waals surface area (Å²) in [5.74, 6) is 0. The van der Waals surface area contributed by atoms with Crippen molar-refractivity contribution in [3.05, 3.63) is 67.7 Å². The van der Waals surface area contributed by atoms with Crippen LogP contribution in [0.5, 0.6) is 0 Å². The lowest BCUT2D eigenvalue weighted by Crippen LogP contribution is -2.03. The van der Waals surface area contributed by atoms with Gasteiger partial charge in [0.05, 0.1) is 5.38 Å². The van der Waals surface area contributed by atoms with E-state index in [-0.39, 0.29) is 5.38 Å². The van der Waals surface area contributed by atoms with Crippen LogP contribution >= 0.6 is 27.5 Å². The van der Waals surface area contributed by atoms with Crippen LogP contribution in [0.1, 0.15) is 44.3 Å². The molecular weight excluding hydrogens is 332 g/mol. The Bertz CT molecular complexity index is 633. The molecule has 0 heterocycles. The Balaban J connectivity index is 2.58. The number of hydrogen-bond donors (Lipinski definition) is 0. The summed E-state index contributed by atoms with van der Waals surface area (Å²) in [6.45, 7) is 10.7. The molecular formula is C18H20BrCl. The van der Waals surface area contributed by atoms with Crippen molar-refractivity contribution < 1.29 is 0 Å². The average Bonchev–Trinajstić information content (AvgIpc) is 2.40. The summed E-state index contributed by atoms with van der Waals surface area (Å²) in [4.78, 5) is 0. The van der Waals surface area contributed by atoms with Crippen molar-refractivity contribution in [3.8, 4) is 0 Å². The number of halogens is 2. The van der Waals surface area contributed by atoms with Gasteiger partial charge in [0, 0.05) is 4.47 Å². The molecule has 2 heteroatoms. The molecule has 0 aliphatic carbocycles. The first-order chi connectivity index (χ1) is 9.32. The van der Waals surface area contributed by atoms with Gasteiger partial charge in [-0.25, -0.2) is 0 Å². The zero-order valence-corrected chi connectivity index (χ0v) is 15.0. The molecule has 106 valence electrons. The molecule has 0 aliphatic heterocycles. The first kappa shape index (κ1) is 15.6. The molecule has 0 nitrogen and oxygen atoms in total. The van der Waals surface area contributed by atoms with E-state index < -0.39 is 0 Å². The second-order valence-electron chi connectivity index (χ2n) is 5.55. The summed E-state index contributed by atoms with van der Waals surface area (Å²) in [7, 11) is 0. The normalized spacial score (nSPS) is 12.6. The molecule has 0 aliphatic rings. The molecule has 0 saturated heterocycles. The van der Waals surface area contributed by atoms with Crippen LogP contribution < -0.4 is 0 Å². The van der Waals surface area contributed by atoms with Crippen LogP contribution in [-0.4, -0.2) is 0 Å². The van der Waals surface area contributed by atoms with E-state index in [4.69, 9.17) is 11.6 Å². The molecule has 2 aromatic rings. The van der Waals surface area contributed by atoms with Gasteiger partial charge in [-0.1, -0.05) is 34.1 Å². The van der Waals surface area contributed by atoms with Crippen LogP contribution in [0.2, 0.25) is 0 Å². The van der Waals surface area contributed by atoms with Gasteiger partial charge < -0.3 is 0 Å². The fourth-order valence-electron chi connectivity index (χ4n) is 2.56. The Morgan fingerprint density at radius 1 is 0.850 bits per heavy atom. The fourth-order valence-corrected chi connectivity index (χ4v) is 3.42. The maximum absolute atomic E-state index is 6.79. The minimum absolute atomic E-state index is 0.106. The third-order valence-corrected chi connectivity index (χ3v) is 5.49. The molecule has 2 rings (SSSR count). The molecule has 0 saturated carbocycles. The molecule has 2 aromatic carbocycles. The number of hydrogen-bond acceptors (Lipinski definition) is 0. The lowest BCUT2D eigenvalue weighted by molar-refractivity contribution is 1.05. The lowest BCUT2D eigenvalue weighted by Gasteiger charge is -2.20. The first-order valence-electron chi connectivity index (χ1n) is 6.80.